The molecule has 206 valence electrons. The van der Waals surface area contributed by atoms with Crippen LogP contribution in [0.5, 0.6) is 5.75 Å². The summed E-state index contributed by atoms with van der Waals surface area (Å²) in [6.07, 6.45) is 1.54. The third-order valence-electron chi connectivity index (χ3n) is 7.04. The van der Waals surface area contributed by atoms with Crippen LogP contribution in [0.15, 0.2) is 83.7 Å². The molecule has 5 aromatic rings. The number of fused-ring (bicyclic) bond motifs is 1. The second-order valence-electron chi connectivity index (χ2n) is 9.76. The number of ether oxygens (including phenoxy) is 1. The molecule has 0 radical (unpaired) electrons. The van der Waals surface area contributed by atoms with Gasteiger partial charge in [-0.2, -0.15) is 0 Å². The van der Waals surface area contributed by atoms with Crippen LogP contribution in [0.2, 0.25) is 0 Å². The normalized spacial score (nSPS) is 12.2. The topological polar surface area (TPSA) is 88.9 Å². The van der Waals surface area contributed by atoms with E-state index in [2.05, 4.69) is 44.5 Å². The highest BCUT2D eigenvalue weighted by atomic mass is 19.1. The van der Waals surface area contributed by atoms with E-state index in [9.17, 15) is 9.18 Å². The first-order chi connectivity index (χ1) is 19.5. The van der Waals surface area contributed by atoms with Crippen LogP contribution in [0.1, 0.15) is 48.8 Å². The van der Waals surface area contributed by atoms with Gasteiger partial charge in [0, 0.05) is 29.6 Å². The Bertz CT molecular complexity index is 1600. The van der Waals surface area contributed by atoms with E-state index in [-0.39, 0.29) is 17.4 Å². The Morgan fingerprint density at radius 3 is 2.55 bits per heavy atom. The zero-order valence-electron chi connectivity index (χ0n) is 22.8. The van der Waals surface area contributed by atoms with Crippen LogP contribution in [-0.4, -0.2) is 43.2 Å². The van der Waals surface area contributed by atoms with E-state index in [1.807, 2.05) is 49.4 Å². The van der Waals surface area contributed by atoms with Crippen molar-refractivity contribution >= 4 is 10.9 Å². The van der Waals surface area contributed by atoms with Crippen LogP contribution in [-0.2, 0) is 19.5 Å². The molecular weight excluding hydrogens is 507 g/mol. The van der Waals surface area contributed by atoms with Crippen molar-refractivity contribution in [2.45, 2.75) is 45.8 Å². The number of rotatable bonds is 12. The second kappa shape index (κ2) is 12.7. The summed E-state index contributed by atoms with van der Waals surface area (Å²) in [7, 11) is 0. The van der Waals surface area contributed by atoms with Gasteiger partial charge in [0.25, 0.3) is 5.56 Å². The van der Waals surface area contributed by atoms with Crippen LogP contribution < -0.4 is 10.3 Å². The number of nitrogens with zero attached hydrogens (tertiary/aromatic N) is 5. The van der Waals surface area contributed by atoms with E-state index in [1.54, 1.807) is 16.8 Å². The van der Waals surface area contributed by atoms with Gasteiger partial charge in [0.2, 0.25) is 0 Å². The van der Waals surface area contributed by atoms with Gasteiger partial charge in [0.15, 0.2) is 5.82 Å². The fourth-order valence-corrected chi connectivity index (χ4v) is 5.01. The van der Waals surface area contributed by atoms with Crippen LogP contribution in [0.4, 0.5) is 4.39 Å². The molecule has 40 heavy (non-hydrogen) atoms. The highest BCUT2D eigenvalue weighted by Gasteiger charge is 2.26. The highest BCUT2D eigenvalue weighted by molar-refractivity contribution is 5.80. The number of halogens is 1. The molecule has 0 amide bonds. The average Bonchev–Trinajstić information content (AvgIpc) is 3.42. The maximum absolute atomic E-state index is 13.5. The fourth-order valence-electron chi connectivity index (χ4n) is 5.01. The molecule has 0 spiro atoms. The molecular formula is C31H33FN6O2. The molecule has 0 bridgehead atoms. The van der Waals surface area contributed by atoms with E-state index >= 15 is 0 Å². The van der Waals surface area contributed by atoms with Gasteiger partial charge in [-0.25, -0.2) is 9.07 Å². The van der Waals surface area contributed by atoms with Gasteiger partial charge >= 0.3 is 0 Å². The predicted octanol–water partition coefficient (Wildman–Crippen LogP) is 5.30. The summed E-state index contributed by atoms with van der Waals surface area (Å²) in [5.74, 6) is 1.18. The molecule has 5 rings (SSSR count). The van der Waals surface area contributed by atoms with Crippen molar-refractivity contribution < 1.29 is 9.13 Å². The number of aromatic amines is 1. The maximum atomic E-state index is 13.5. The molecule has 3 aromatic carbocycles. The largest absolute Gasteiger partial charge is 0.494 e. The summed E-state index contributed by atoms with van der Waals surface area (Å²) in [4.78, 5) is 18.5. The van der Waals surface area contributed by atoms with E-state index in [4.69, 9.17) is 4.74 Å². The summed E-state index contributed by atoms with van der Waals surface area (Å²) in [6, 6.07) is 24.1. The Kier molecular flexibility index (Phi) is 8.61. The van der Waals surface area contributed by atoms with Gasteiger partial charge in [0.05, 0.1) is 19.2 Å². The molecule has 0 aliphatic heterocycles. The number of hydrogen-bond acceptors (Lipinski definition) is 6. The number of hydrogen-bond donors (Lipinski definition) is 1. The Labute approximate surface area is 232 Å². The Balaban J connectivity index is 1.48. The molecule has 8 nitrogen and oxygen atoms in total. The first-order valence-corrected chi connectivity index (χ1v) is 13.6. The summed E-state index contributed by atoms with van der Waals surface area (Å²) in [5.41, 5.74) is 3.41. The molecule has 0 aliphatic carbocycles. The highest BCUT2D eigenvalue weighted by Crippen LogP contribution is 2.26. The number of benzene rings is 3. The van der Waals surface area contributed by atoms with E-state index < -0.39 is 0 Å². The third kappa shape index (κ3) is 6.43. The summed E-state index contributed by atoms with van der Waals surface area (Å²) in [5, 5.41) is 13.5. The lowest BCUT2D eigenvalue weighted by molar-refractivity contribution is 0.172. The van der Waals surface area contributed by atoms with Gasteiger partial charge in [0.1, 0.15) is 11.6 Å². The SMILES string of the molecule is CCOc1ccc2[nH]c(=O)c(CN(CCc3ccccc3)[C@H](CC)c3nnnn3Cc3ccc(F)cc3)cc2c1. The van der Waals surface area contributed by atoms with Crippen molar-refractivity contribution in [2.75, 3.05) is 13.2 Å². The van der Waals surface area contributed by atoms with Crippen molar-refractivity contribution in [2.24, 2.45) is 0 Å². The van der Waals surface area contributed by atoms with Gasteiger partial charge in [-0.15, -0.1) is 5.10 Å². The summed E-state index contributed by atoms with van der Waals surface area (Å²) >= 11 is 0. The first-order valence-electron chi connectivity index (χ1n) is 13.6. The van der Waals surface area contributed by atoms with Crippen molar-refractivity contribution in [3.63, 3.8) is 0 Å². The van der Waals surface area contributed by atoms with E-state index in [0.29, 0.717) is 37.6 Å². The Morgan fingerprint density at radius 2 is 1.80 bits per heavy atom. The molecule has 0 aliphatic rings. The molecule has 1 N–H and O–H groups in total. The maximum Gasteiger partial charge on any atom is 0.252 e. The van der Waals surface area contributed by atoms with Gasteiger partial charge in [-0.3, -0.25) is 9.69 Å². The number of pyridine rings is 1. The molecule has 0 saturated heterocycles. The van der Waals surface area contributed by atoms with Crippen molar-refractivity contribution in [1.29, 1.82) is 0 Å². The lowest BCUT2D eigenvalue weighted by Gasteiger charge is -2.30. The molecule has 9 heteroatoms. The predicted molar refractivity (Wildman–Crippen MR) is 153 cm³/mol. The number of H-pyrrole nitrogens is 1. The number of tetrazole rings is 1. The summed E-state index contributed by atoms with van der Waals surface area (Å²) < 4.78 is 20.9. The van der Waals surface area contributed by atoms with Crippen LogP contribution in [0.3, 0.4) is 0 Å². The van der Waals surface area contributed by atoms with Crippen LogP contribution in [0, 0.1) is 5.82 Å². The minimum atomic E-state index is -0.284. The van der Waals surface area contributed by atoms with E-state index in [1.165, 1.54) is 17.7 Å². The van der Waals surface area contributed by atoms with Crippen LogP contribution >= 0.6 is 0 Å². The molecule has 0 fully saturated rings. The molecule has 1 atom stereocenters. The zero-order valence-corrected chi connectivity index (χ0v) is 22.8. The lowest BCUT2D eigenvalue weighted by atomic mass is 10.1. The third-order valence-corrected chi connectivity index (χ3v) is 7.04. The Morgan fingerprint density at radius 1 is 1.00 bits per heavy atom. The molecule has 0 saturated carbocycles. The zero-order chi connectivity index (χ0) is 27.9. The summed E-state index contributed by atoms with van der Waals surface area (Å²) in [6.45, 7) is 6.14. The number of nitrogens with one attached hydrogen (secondary N) is 1. The van der Waals surface area contributed by atoms with E-state index in [0.717, 1.165) is 35.1 Å². The average molecular weight is 541 g/mol. The van der Waals surface area contributed by atoms with Crippen molar-refractivity contribution in [3.05, 3.63) is 118 Å². The molecule has 2 aromatic heterocycles. The molecule has 2 heterocycles. The van der Waals surface area contributed by atoms with Crippen LogP contribution in [0.25, 0.3) is 10.9 Å². The minimum Gasteiger partial charge on any atom is -0.494 e. The standard InChI is InChI=1S/C31H33FN6O2/c1-3-29(30-34-35-36-38(30)20-23-10-12-26(32)13-11-23)37(17-16-22-8-6-5-7-9-22)21-25-18-24-19-27(40-4-2)14-15-28(24)33-31(25)39/h5-15,18-19,29H,3-4,16-17,20-21H2,1-2H3,(H,33,39)/t29-/m1/s1. The minimum absolute atomic E-state index is 0.123. The number of aromatic nitrogens is 5. The van der Waals surface area contributed by atoms with Gasteiger partial charge in [-0.1, -0.05) is 49.4 Å². The fraction of sp³-hybridized carbons (Fsp3) is 0.290. The van der Waals surface area contributed by atoms with Crippen molar-refractivity contribution in [1.82, 2.24) is 30.1 Å². The lowest BCUT2D eigenvalue weighted by Crippen LogP contribution is -2.34. The first kappa shape index (κ1) is 27.2. The van der Waals surface area contributed by atoms with Crippen molar-refractivity contribution in [3.8, 4) is 5.75 Å². The smallest absolute Gasteiger partial charge is 0.252 e. The van der Waals surface area contributed by atoms with Gasteiger partial charge < -0.3 is 9.72 Å². The second-order valence-corrected chi connectivity index (χ2v) is 9.76. The van der Waals surface area contributed by atoms with Gasteiger partial charge in [-0.05, 0) is 77.7 Å². The monoisotopic (exact) mass is 540 g/mol. The Hall–Kier alpha value is -4.37. The molecule has 0 unspecified atom stereocenters. The quantitative estimate of drug-likeness (QED) is 0.231.